The fourth-order valence-corrected chi connectivity index (χ4v) is 1.44. The van der Waals surface area contributed by atoms with E-state index in [1.165, 1.54) is 0 Å². The number of nitrogens with two attached hydrogens (primary N) is 2. The Morgan fingerprint density at radius 2 is 2.12 bits per heavy atom. The van der Waals surface area contributed by atoms with Crippen LogP contribution < -0.4 is 26.4 Å². The summed E-state index contributed by atoms with van der Waals surface area (Å²) in [5.74, 6) is 1.62. The second kappa shape index (κ2) is 4.61. The summed E-state index contributed by atoms with van der Waals surface area (Å²) in [5, 5.41) is 3.68. The van der Waals surface area contributed by atoms with Crippen LogP contribution in [0.25, 0.3) is 0 Å². The smallest absolute Gasteiger partial charge is 0.231 e. The lowest BCUT2D eigenvalue weighted by Gasteiger charge is -2.03. The molecular weight excluding hydrogens is 208 g/mol. The first-order valence-corrected chi connectivity index (χ1v) is 4.96. The molecule has 0 spiro atoms. The van der Waals surface area contributed by atoms with Crippen LogP contribution in [0.5, 0.6) is 11.5 Å². The van der Waals surface area contributed by atoms with Crippen LogP contribution >= 0.6 is 0 Å². The molecule has 1 aromatic carbocycles. The van der Waals surface area contributed by atoms with Gasteiger partial charge in [-0.25, -0.2) is 0 Å². The topological polar surface area (TPSA) is 94.9 Å². The number of fused-ring (bicyclic) bond motifs is 1. The highest BCUT2D eigenvalue weighted by molar-refractivity contribution is 5.75. The predicted octanol–water partition coefficient (Wildman–Crippen LogP) is -0.264. The zero-order chi connectivity index (χ0) is 11.4. The molecule has 0 atom stereocenters. The van der Waals surface area contributed by atoms with Crippen molar-refractivity contribution in [3.05, 3.63) is 23.8 Å². The average molecular weight is 222 g/mol. The fraction of sp³-hybridized carbons (Fsp3) is 0.300. The summed E-state index contributed by atoms with van der Waals surface area (Å²) in [7, 11) is 0. The van der Waals surface area contributed by atoms with E-state index in [0.717, 1.165) is 23.5 Å². The van der Waals surface area contributed by atoms with Crippen molar-refractivity contribution in [2.75, 3.05) is 13.3 Å². The van der Waals surface area contributed by atoms with Crippen LogP contribution in [0.3, 0.4) is 0 Å². The molecule has 0 saturated carbocycles. The van der Waals surface area contributed by atoms with E-state index in [0.29, 0.717) is 13.3 Å². The number of rotatable bonds is 4. The lowest BCUT2D eigenvalue weighted by molar-refractivity contribution is 0.174. The van der Waals surface area contributed by atoms with Gasteiger partial charge < -0.3 is 26.4 Å². The van der Waals surface area contributed by atoms with E-state index in [1.807, 2.05) is 18.2 Å². The van der Waals surface area contributed by atoms with Crippen LogP contribution in [-0.2, 0) is 6.42 Å². The molecule has 0 radical (unpaired) electrons. The van der Waals surface area contributed by atoms with E-state index in [1.54, 1.807) is 0 Å². The van der Waals surface area contributed by atoms with Gasteiger partial charge in [0.2, 0.25) is 12.8 Å². The van der Waals surface area contributed by atoms with Gasteiger partial charge in [0.05, 0.1) is 0 Å². The molecule has 1 aliphatic heterocycles. The van der Waals surface area contributed by atoms with Gasteiger partial charge in [-0.05, 0) is 24.1 Å². The maximum absolute atomic E-state index is 5.27. The Morgan fingerprint density at radius 3 is 2.94 bits per heavy atom. The van der Waals surface area contributed by atoms with Gasteiger partial charge in [-0.15, -0.1) is 5.10 Å². The van der Waals surface area contributed by atoms with E-state index in [-0.39, 0.29) is 5.96 Å². The molecule has 6 nitrogen and oxygen atoms in total. The summed E-state index contributed by atoms with van der Waals surface area (Å²) < 4.78 is 10.5. The molecule has 0 aromatic heterocycles. The number of benzene rings is 1. The number of nitrogens with zero attached hydrogens (tertiary/aromatic N) is 1. The van der Waals surface area contributed by atoms with Crippen LogP contribution in [0.1, 0.15) is 5.56 Å². The van der Waals surface area contributed by atoms with Crippen molar-refractivity contribution in [1.29, 1.82) is 0 Å². The Bertz CT molecular complexity index is 402. The van der Waals surface area contributed by atoms with Gasteiger partial charge >= 0.3 is 0 Å². The van der Waals surface area contributed by atoms with Gasteiger partial charge in [0, 0.05) is 6.54 Å². The predicted molar refractivity (Wildman–Crippen MR) is 60.1 cm³/mol. The lowest BCUT2D eigenvalue weighted by Crippen LogP contribution is -2.27. The number of hydrazone groups is 1. The minimum atomic E-state index is 0.0330. The molecule has 16 heavy (non-hydrogen) atoms. The molecule has 2 rings (SSSR count). The van der Waals surface area contributed by atoms with Gasteiger partial charge in [0.15, 0.2) is 11.5 Å². The molecule has 1 aliphatic rings. The van der Waals surface area contributed by atoms with E-state index in [4.69, 9.17) is 20.9 Å². The zero-order valence-corrected chi connectivity index (χ0v) is 8.77. The normalized spacial score (nSPS) is 12.2. The molecule has 0 unspecified atom stereocenters. The Morgan fingerprint density at radius 1 is 1.31 bits per heavy atom. The van der Waals surface area contributed by atoms with Crippen LogP contribution in [0, 0.1) is 0 Å². The molecule has 0 fully saturated rings. The van der Waals surface area contributed by atoms with Gasteiger partial charge in [0.25, 0.3) is 0 Å². The molecule has 6 heteroatoms. The van der Waals surface area contributed by atoms with Crippen LogP contribution in [0.15, 0.2) is 23.3 Å². The number of hydrogen-bond acceptors (Lipinski definition) is 4. The van der Waals surface area contributed by atoms with Crippen molar-refractivity contribution >= 4 is 5.96 Å². The minimum Gasteiger partial charge on any atom is -0.454 e. The van der Waals surface area contributed by atoms with Crippen molar-refractivity contribution < 1.29 is 9.47 Å². The summed E-state index contributed by atoms with van der Waals surface area (Å²) in [6.07, 6.45) is 0.813. The highest BCUT2D eigenvalue weighted by Gasteiger charge is 2.12. The molecule has 0 amide bonds. The second-order valence-electron chi connectivity index (χ2n) is 3.38. The van der Waals surface area contributed by atoms with Gasteiger partial charge in [-0.3, -0.25) is 0 Å². The minimum absolute atomic E-state index is 0.0330. The molecule has 0 bridgehead atoms. The van der Waals surface area contributed by atoms with Gasteiger partial charge in [0.1, 0.15) is 0 Å². The Balaban J connectivity index is 1.88. The van der Waals surface area contributed by atoms with Crippen molar-refractivity contribution in [3.63, 3.8) is 0 Å². The Labute approximate surface area is 93.2 Å². The first-order chi connectivity index (χ1) is 7.75. The van der Waals surface area contributed by atoms with Crippen LogP contribution in [0.4, 0.5) is 0 Å². The van der Waals surface area contributed by atoms with Crippen molar-refractivity contribution in [2.24, 2.45) is 16.6 Å². The Hall–Kier alpha value is -2.11. The molecule has 86 valence electrons. The quantitative estimate of drug-likeness (QED) is 0.282. The summed E-state index contributed by atoms with van der Waals surface area (Å²) in [6.45, 7) is 0.961. The lowest BCUT2D eigenvalue weighted by atomic mass is 10.1. The maximum atomic E-state index is 5.27. The summed E-state index contributed by atoms with van der Waals surface area (Å²) in [6, 6.07) is 5.85. The Kier molecular flexibility index (Phi) is 3.00. The van der Waals surface area contributed by atoms with E-state index < -0.39 is 0 Å². The molecular formula is C10H14N4O2. The number of hydrogen-bond donors (Lipinski definition) is 3. The molecule has 1 aromatic rings. The molecule has 0 aliphatic carbocycles. The van der Waals surface area contributed by atoms with Crippen molar-refractivity contribution in [3.8, 4) is 11.5 Å². The monoisotopic (exact) mass is 222 g/mol. The van der Waals surface area contributed by atoms with Gasteiger partial charge in [-0.1, -0.05) is 6.07 Å². The van der Waals surface area contributed by atoms with Crippen molar-refractivity contribution in [1.82, 2.24) is 5.43 Å². The number of nitrogens with one attached hydrogen (secondary N) is 1. The first-order valence-electron chi connectivity index (χ1n) is 4.96. The highest BCUT2D eigenvalue weighted by Crippen LogP contribution is 2.32. The van der Waals surface area contributed by atoms with Crippen LogP contribution in [-0.4, -0.2) is 19.3 Å². The summed E-state index contributed by atoms with van der Waals surface area (Å²) in [5.41, 5.74) is 14.3. The third-order valence-electron chi connectivity index (χ3n) is 2.17. The SMILES string of the molecule is NC(N)=NNCCc1ccc2c(c1)OCO2. The van der Waals surface area contributed by atoms with Crippen LogP contribution in [0.2, 0.25) is 0 Å². The van der Waals surface area contributed by atoms with E-state index in [9.17, 15) is 0 Å². The van der Waals surface area contributed by atoms with E-state index in [2.05, 4.69) is 10.5 Å². The largest absolute Gasteiger partial charge is 0.454 e. The second-order valence-corrected chi connectivity index (χ2v) is 3.38. The molecule has 0 saturated heterocycles. The third-order valence-corrected chi connectivity index (χ3v) is 2.17. The number of guanidine groups is 1. The summed E-state index contributed by atoms with van der Waals surface area (Å²) >= 11 is 0. The average Bonchev–Trinajstić information content (AvgIpc) is 2.71. The van der Waals surface area contributed by atoms with E-state index >= 15 is 0 Å². The van der Waals surface area contributed by atoms with Crippen molar-refractivity contribution in [2.45, 2.75) is 6.42 Å². The third kappa shape index (κ3) is 2.47. The van der Waals surface area contributed by atoms with Gasteiger partial charge in [-0.2, -0.15) is 0 Å². The molecule has 5 N–H and O–H groups in total. The standard InChI is InChI=1S/C10H14N4O2/c11-10(12)14-13-4-3-7-1-2-8-9(5-7)16-6-15-8/h1-2,5,13H,3-4,6H2,(H4,11,12,14). The maximum Gasteiger partial charge on any atom is 0.231 e. The summed E-state index contributed by atoms with van der Waals surface area (Å²) in [4.78, 5) is 0. The number of ether oxygens (including phenoxy) is 2. The first kappa shape index (κ1) is 10.4. The highest BCUT2D eigenvalue weighted by atomic mass is 16.7. The zero-order valence-electron chi connectivity index (χ0n) is 8.77. The molecule has 1 heterocycles. The fourth-order valence-electron chi connectivity index (χ4n) is 1.44.